The summed E-state index contributed by atoms with van der Waals surface area (Å²) in [6.07, 6.45) is 2.85. The van der Waals surface area contributed by atoms with Crippen LogP contribution in [-0.2, 0) is 16.1 Å². The Morgan fingerprint density at radius 3 is 2.76 bits per heavy atom. The van der Waals surface area contributed by atoms with Crippen LogP contribution in [0.25, 0.3) is 16.3 Å². The van der Waals surface area contributed by atoms with Crippen LogP contribution >= 0.6 is 11.3 Å². The number of thiazole rings is 1. The van der Waals surface area contributed by atoms with E-state index in [1.807, 2.05) is 4.57 Å². The number of fused-ring (bicyclic) bond motifs is 1. The highest BCUT2D eigenvalue weighted by Crippen LogP contribution is 2.22. The molecule has 150 valence electrons. The number of aromatic nitrogens is 1. The topological polar surface area (TPSA) is 86.7 Å². The van der Waals surface area contributed by atoms with Crippen LogP contribution in [0.2, 0.25) is 0 Å². The van der Waals surface area contributed by atoms with Crippen molar-refractivity contribution >= 4 is 39.2 Å². The summed E-state index contributed by atoms with van der Waals surface area (Å²) in [5, 5.41) is 10.9. The molecule has 0 N–H and O–H groups in total. The number of amides is 1. The average molecular weight is 411 g/mol. The second-order valence-corrected chi connectivity index (χ2v) is 7.58. The lowest BCUT2D eigenvalue weighted by atomic mass is 10.1. The van der Waals surface area contributed by atoms with E-state index >= 15 is 0 Å². The summed E-state index contributed by atoms with van der Waals surface area (Å²) in [6.45, 7) is 5.19. The van der Waals surface area contributed by atoms with Crippen LogP contribution in [0.1, 0.15) is 16.7 Å². The molecule has 2 aromatic carbocycles. The number of nitro benzene ring substituents is 1. The van der Waals surface area contributed by atoms with Gasteiger partial charge in [-0.1, -0.05) is 23.5 Å². The monoisotopic (exact) mass is 411 g/mol. The van der Waals surface area contributed by atoms with Gasteiger partial charge in [-0.2, -0.15) is 4.99 Å². The molecule has 29 heavy (non-hydrogen) atoms. The van der Waals surface area contributed by atoms with Crippen molar-refractivity contribution in [1.29, 1.82) is 0 Å². The van der Waals surface area contributed by atoms with E-state index in [1.54, 1.807) is 19.2 Å². The Labute approximate surface area is 171 Å². The largest absolute Gasteiger partial charge is 0.383 e. The van der Waals surface area contributed by atoms with E-state index in [2.05, 4.69) is 31.0 Å². The van der Waals surface area contributed by atoms with Gasteiger partial charge in [0.2, 0.25) is 0 Å². The zero-order chi connectivity index (χ0) is 21.0. The fourth-order valence-electron chi connectivity index (χ4n) is 2.85. The lowest BCUT2D eigenvalue weighted by molar-refractivity contribution is -0.384. The Morgan fingerprint density at radius 1 is 1.28 bits per heavy atom. The van der Waals surface area contributed by atoms with Crippen molar-refractivity contribution in [3.05, 3.63) is 74.1 Å². The number of hydrogen-bond acceptors (Lipinski definition) is 5. The number of non-ortho nitro benzene ring substituents is 1. The van der Waals surface area contributed by atoms with E-state index in [0.717, 1.165) is 10.2 Å². The zero-order valence-corrected chi connectivity index (χ0v) is 17.2. The fraction of sp³-hybridized carbons (Fsp3) is 0.238. The van der Waals surface area contributed by atoms with Gasteiger partial charge in [0.1, 0.15) is 0 Å². The van der Waals surface area contributed by atoms with Crippen molar-refractivity contribution in [2.75, 3.05) is 13.7 Å². The minimum Gasteiger partial charge on any atom is -0.383 e. The van der Waals surface area contributed by atoms with E-state index in [-0.39, 0.29) is 5.69 Å². The predicted octanol–water partition coefficient (Wildman–Crippen LogP) is 4.01. The highest BCUT2D eigenvalue weighted by atomic mass is 32.1. The predicted molar refractivity (Wildman–Crippen MR) is 114 cm³/mol. The van der Waals surface area contributed by atoms with E-state index in [0.29, 0.717) is 23.5 Å². The number of nitro groups is 1. The molecule has 1 heterocycles. The van der Waals surface area contributed by atoms with Crippen LogP contribution in [0, 0.1) is 24.0 Å². The fourth-order valence-corrected chi connectivity index (χ4v) is 3.99. The first-order chi connectivity index (χ1) is 13.9. The maximum absolute atomic E-state index is 12.4. The number of ether oxygens (including phenoxy) is 1. The summed E-state index contributed by atoms with van der Waals surface area (Å²) in [4.78, 5) is 27.7. The molecule has 0 atom stereocenters. The highest BCUT2D eigenvalue weighted by molar-refractivity contribution is 7.16. The van der Waals surface area contributed by atoms with Crippen LogP contribution in [-0.4, -0.2) is 29.1 Å². The van der Waals surface area contributed by atoms with Crippen LogP contribution in [0.5, 0.6) is 0 Å². The van der Waals surface area contributed by atoms with Gasteiger partial charge < -0.3 is 9.30 Å². The molecule has 0 fully saturated rings. The summed E-state index contributed by atoms with van der Waals surface area (Å²) >= 11 is 1.45. The van der Waals surface area contributed by atoms with E-state index < -0.39 is 10.8 Å². The Hall–Kier alpha value is -3.10. The number of aryl methyl sites for hydroxylation is 2. The SMILES string of the molecule is COCCn1c(=NC(=O)/C=C/c2cccc([N+](=O)[O-])c2)sc2cc(C)c(C)cc21. The smallest absolute Gasteiger partial charge is 0.272 e. The van der Waals surface area contributed by atoms with Gasteiger partial charge in [-0.3, -0.25) is 14.9 Å². The van der Waals surface area contributed by atoms with Crippen molar-refractivity contribution in [2.24, 2.45) is 4.99 Å². The molecule has 3 aromatic rings. The number of methoxy groups -OCH3 is 1. The standard InChI is InChI=1S/C21H21N3O4S/c1-14-11-18-19(12-15(14)2)29-21(23(18)9-10-28-3)22-20(25)8-7-16-5-4-6-17(13-16)24(26)27/h4-8,11-13H,9-10H2,1-3H3/b8-7+,22-21?. The molecule has 1 aromatic heterocycles. The van der Waals surface area contributed by atoms with Gasteiger partial charge in [-0.15, -0.1) is 0 Å². The van der Waals surface area contributed by atoms with Crippen LogP contribution in [0.3, 0.4) is 0 Å². The molecule has 0 radical (unpaired) electrons. The number of carbonyl (C=O) groups is 1. The third-order valence-corrected chi connectivity index (χ3v) is 5.56. The van der Waals surface area contributed by atoms with Gasteiger partial charge in [0, 0.05) is 31.9 Å². The molecule has 0 aliphatic heterocycles. The van der Waals surface area contributed by atoms with E-state index in [9.17, 15) is 14.9 Å². The van der Waals surface area contributed by atoms with E-state index in [4.69, 9.17) is 4.74 Å². The summed E-state index contributed by atoms with van der Waals surface area (Å²) in [5.41, 5.74) is 3.91. The normalized spacial score (nSPS) is 12.2. The minimum absolute atomic E-state index is 0.0239. The second-order valence-electron chi connectivity index (χ2n) is 6.57. The quantitative estimate of drug-likeness (QED) is 0.348. The van der Waals surface area contributed by atoms with Gasteiger partial charge in [-0.05, 0) is 48.7 Å². The lowest BCUT2D eigenvalue weighted by Gasteiger charge is -2.06. The first kappa shape index (κ1) is 20.6. The Kier molecular flexibility index (Phi) is 6.36. The summed E-state index contributed by atoms with van der Waals surface area (Å²) < 4.78 is 8.24. The first-order valence-corrected chi connectivity index (χ1v) is 9.81. The van der Waals surface area contributed by atoms with E-state index in [1.165, 1.54) is 46.7 Å². The molecule has 0 spiro atoms. The maximum atomic E-state index is 12.4. The first-order valence-electron chi connectivity index (χ1n) is 9.00. The van der Waals surface area contributed by atoms with Gasteiger partial charge in [0.05, 0.1) is 21.7 Å². The molecule has 0 bridgehead atoms. The molecule has 1 amide bonds. The molecule has 0 unspecified atom stereocenters. The van der Waals surface area contributed by atoms with Gasteiger partial charge >= 0.3 is 0 Å². The average Bonchev–Trinajstić information content (AvgIpc) is 3.01. The van der Waals surface area contributed by atoms with Gasteiger partial charge in [0.25, 0.3) is 11.6 Å². The summed E-state index contributed by atoms with van der Waals surface area (Å²) in [7, 11) is 1.63. The van der Waals surface area contributed by atoms with Crippen LogP contribution < -0.4 is 4.80 Å². The molecule has 0 saturated carbocycles. The lowest BCUT2D eigenvalue weighted by Crippen LogP contribution is -2.19. The Bertz CT molecular complexity index is 1170. The third-order valence-electron chi connectivity index (χ3n) is 4.52. The summed E-state index contributed by atoms with van der Waals surface area (Å²) in [5.74, 6) is -0.428. The van der Waals surface area contributed by atoms with Crippen molar-refractivity contribution in [2.45, 2.75) is 20.4 Å². The van der Waals surface area contributed by atoms with Crippen molar-refractivity contribution in [1.82, 2.24) is 4.57 Å². The molecular formula is C21H21N3O4S. The molecule has 8 heteroatoms. The number of nitrogens with zero attached hydrogens (tertiary/aromatic N) is 3. The number of carbonyl (C=O) groups excluding carboxylic acids is 1. The Morgan fingerprint density at radius 2 is 2.03 bits per heavy atom. The molecule has 0 aliphatic rings. The molecule has 3 rings (SSSR count). The number of rotatable bonds is 6. The molecular weight excluding hydrogens is 390 g/mol. The minimum atomic E-state index is -0.469. The highest BCUT2D eigenvalue weighted by Gasteiger charge is 2.09. The molecule has 0 aliphatic carbocycles. The Balaban J connectivity index is 1.97. The van der Waals surface area contributed by atoms with Gasteiger partial charge in [-0.25, -0.2) is 0 Å². The molecule has 7 nitrogen and oxygen atoms in total. The van der Waals surface area contributed by atoms with Crippen molar-refractivity contribution in [3.8, 4) is 0 Å². The van der Waals surface area contributed by atoms with Crippen LogP contribution in [0.4, 0.5) is 5.69 Å². The molecule has 0 saturated heterocycles. The van der Waals surface area contributed by atoms with Crippen molar-refractivity contribution in [3.63, 3.8) is 0 Å². The van der Waals surface area contributed by atoms with Crippen molar-refractivity contribution < 1.29 is 14.5 Å². The summed E-state index contributed by atoms with van der Waals surface area (Å²) in [6, 6.07) is 10.3. The number of benzene rings is 2. The third kappa shape index (κ3) is 4.85. The van der Waals surface area contributed by atoms with Gasteiger partial charge in [0.15, 0.2) is 4.80 Å². The zero-order valence-electron chi connectivity index (χ0n) is 16.4. The second kappa shape index (κ2) is 8.93. The maximum Gasteiger partial charge on any atom is 0.272 e. The van der Waals surface area contributed by atoms with Crippen LogP contribution in [0.15, 0.2) is 47.5 Å². The number of hydrogen-bond donors (Lipinski definition) is 0.